The summed E-state index contributed by atoms with van der Waals surface area (Å²) in [5.74, 6) is 0.357. The van der Waals surface area contributed by atoms with Gasteiger partial charge in [-0.05, 0) is 12.0 Å². The van der Waals surface area contributed by atoms with Crippen molar-refractivity contribution in [1.82, 2.24) is 0 Å². The third-order valence-corrected chi connectivity index (χ3v) is 2.74. The first-order chi connectivity index (χ1) is 6.77. The van der Waals surface area contributed by atoms with Crippen LogP contribution in [0, 0.1) is 5.92 Å². The summed E-state index contributed by atoms with van der Waals surface area (Å²) < 4.78 is 5.12. The molecule has 1 aliphatic heterocycles. The van der Waals surface area contributed by atoms with Crippen LogP contribution in [0.5, 0.6) is 0 Å². The zero-order valence-electron chi connectivity index (χ0n) is 8.27. The van der Waals surface area contributed by atoms with Crippen molar-refractivity contribution < 1.29 is 9.53 Å². The van der Waals surface area contributed by atoms with E-state index in [1.165, 1.54) is 5.56 Å². The summed E-state index contributed by atoms with van der Waals surface area (Å²) in [5, 5.41) is 0. The van der Waals surface area contributed by atoms with E-state index in [9.17, 15) is 4.79 Å². The van der Waals surface area contributed by atoms with Gasteiger partial charge in [-0.2, -0.15) is 0 Å². The summed E-state index contributed by atoms with van der Waals surface area (Å²) >= 11 is 0. The van der Waals surface area contributed by atoms with Gasteiger partial charge in [0.1, 0.15) is 0 Å². The van der Waals surface area contributed by atoms with E-state index in [0.717, 1.165) is 6.42 Å². The third kappa shape index (κ3) is 1.79. The van der Waals surface area contributed by atoms with Gasteiger partial charge in [-0.15, -0.1) is 0 Å². The molecular weight excluding hydrogens is 176 g/mol. The molecule has 14 heavy (non-hydrogen) atoms. The highest BCUT2D eigenvalue weighted by Gasteiger charge is 2.27. The molecule has 1 aliphatic rings. The molecule has 0 radical (unpaired) electrons. The van der Waals surface area contributed by atoms with Gasteiger partial charge in [-0.25, -0.2) is 0 Å². The van der Waals surface area contributed by atoms with E-state index in [0.29, 0.717) is 12.5 Å². The second kappa shape index (κ2) is 3.82. The van der Waals surface area contributed by atoms with Gasteiger partial charge in [0.15, 0.2) is 0 Å². The quantitative estimate of drug-likeness (QED) is 0.635. The van der Waals surface area contributed by atoms with Gasteiger partial charge >= 0.3 is 5.97 Å². The Hall–Kier alpha value is -1.31. The molecule has 1 aromatic carbocycles. The Labute approximate surface area is 83.9 Å². The summed E-state index contributed by atoms with van der Waals surface area (Å²) in [7, 11) is 0. The average molecular weight is 190 g/mol. The average Bonchev–Trinajstić information content (AvgIpc) is 2.23. The lowest BCUT2D eigenvalue weighted by Gasteiger charge is -2.26. The summed E-state index contributed by atoms with van der Waals surface area (Å²) in [6.45, 7) is 2.46. The van der Waals surface area contributed by atoms with E-state index in [1.807, 2.05) is 25.1 Å². The minimum atomic E-state index is -0.0582. The molecule has 1 aromatic rings. The van der Waals surface area contributed by atoms with Crippen LogP contribution < -0.4 is 0 Å². The van der Waals surface area contributed by atoms with Gasteiger partial charge < -0.3 is 4.74 Å². The van der Waals surface area contributed by atoms with Gasteiger partial charge in [0.25, 0.3) is 0 Å². The van der Waals surface area contributed by atoms with E-state index >= 15 is 0 Å². The largest absolute Gasteiger partial charge is 0.465 e. The van der Waals surface area contributed by atoms with Crippen molar-refractivity contribution in [2.24, 2.45) is 5.92 Å². The molecule has 0 aliphatic carbocycles. The van der Waals surface area contributed by atoms with Crippen molar-refractivity contribution in [3.8, 4) is 0 Å². The zero-order chi connectivity index (χ0) is 9.97. The molecule has 0 N–H and O–H groups in total. The fourth-order valence-corrected chi connectivity index (χ4v) is 1.87. The Kier molecular flexibility index (Phi) is 2.53. The Balaban J connectivity index is 2.11. The molecule has 2 nitrogen and oxygen atoms in total. The maximum atomic E-state index is 11.1. The Bertz CT molecular complexity index is 318. The maximum absolute atomic E-state index is 11.1. The molecule has 1 heterocycles. The number of rotatable bonds is 1. The van der Waals surface area contributed by atoms with Crippen LogP contribution in [0.1, 0.15) is 24.8 Å². The third-order valence-electron chi connectivity index (χ3n) is 2.74. The van der Waals surface area contributed by atoms with E-state index < -0.39 is 0 Å². The number of benzene rings is 1. The minimum absolute atomic E-state index is 0.0361. The summed E-state index contributed by atoms with van der Waals surface area (Å²) in [6.07, 6.45) is 0.906. The van der Waals surface area contributed by atoms with Crippen LogP contribution in [0.25, 0.3) is 0 Å². The van der Waals surface area contributed by atoms with E-state index in [-0.39, 0.29) is 11.9 Å². The Morgan fingerprint density at radius 1 is 1.29 bits per heavy atom. The molecule has 2 rings (SSSR count). The predicted octanol–water partition coefficient (Wildman–Crippen LogP) is 2.35. The first-order valence-electron chi connectivity index (χ1n) is 4.99. The van der Waals surface area contributed by atoms with Crippen LogP contribution in [0.3, 0.4) is 0 Å². The molecule has 0 aromatic heterocycles. The van der Waals surface area contributed by atoms with E-state index in [2.05, 4.69) is 12.1 Å². The molecule has 2 atom stereocenters. The molecular formula is C12H14O2. The number of carbonyl (C=O) groups is 1. The Morgan fingerprint density at radius 2 is 2.00 bits per heavy atom. The van der Waals surface area contributed by atoms with Crippen LogP contribution in [0.4, 0.5) is 0 Å². The van der Waals surface area contributed by atoms with Crippen molar-refractivity contribution in [1.29, 1.82) is 0 Å². The first kappa shape index (κ1) is 9.25. The molecule has 0 spiro atoms. The zero-order valence-corrected chi connectivity index (χ0v) is 8.27. The fourth-order valence-electron chi connectivity index (χ4n) is 1.87. The lowest BCUT2D eigenvalue weighted by Crippen LogP contribution is -2.27. The van der Waals surface area contributed by atoms with Crippen molar-refractivity contribution >= 4 is 5.97 Å². The standard InChI is InChI=1S/C12H14O2/c1-9-7-11(8-14-12(9)13)10-5-3-2-4-6-10/h2-6,9,11H,7-8H2,1H3/t9?,11-/m1/s1. The monoisotopic (exact) mass is 190 g/mol. The van der Waals surface area contributed by atoms with Gasteiger partial charge in [-0.3, -0.25) is 4.79 Å². The lowest BCUT2D eigenvalue weighted by molar-refractivity contribution is -0.153. The fraction of sp³-hybridized carbons (Fsp3) is 0.417. The van der Waals surface area contributed by atoms with Crippen LogP contribution in [0.15, 0.2) is 30.3 Å². The SMILES string of the molecule is CC1C[C@@H](c2ccccc2)COC1=O. The molecule has 1 unspecified atom stereocenters. The van der Waals surface area contributed by atoms with Crippen molar-refractivity contribution in [2.45, 2.75) is 19.3 Å². The highest BCUT2D eigenvalue weighted by atomic mass is 16.5. The summed E-state index contributed by atoms with van der Waals surface area (Å²) in [4.78, 5) is 11.1. The Morgan fingerprint density at radius 3 is 2.64 bits per heavy atom. The number of carbonyl (C=O) groups excluding carboxylic acids is 1. The molecule has 1 saturated heterocycles. The number of hydrogen-bond acceptors (Lipinski definition) is 2. The second-order valence-corrected chi connectivity index (χ2v) is 3.87. The number of ether oxygens (including phenoxy) is 1. The van der Waals surface area contributed by atoms with E-state index in [4.69, 9.17) is 4.74 Å². The van der Waals surface area contributed by atoms with Crippen molar-refractivity contribution in [3.63, 3.8) is 0 Å². The minimum Gasteiger partial charge on any atom is -0.465 e. The highest BCUT2D eigenvalue weighted by molar-refractivity contribution is 5.72. The number of cyclic esters (lactones) is 1. The molecule has 74 valence electrons. The van der Waals surface area contributed by atoms with Gasteiger partial charge in [0.2, 0.25) is 0 Å². The van der Waals surface area contributed by atoms with E-state index in [1.54, 1.807) is 0 Å². The molecule has 2 heteroatoms. The predicted molar refractivity (Wildman–Crippen MR) is 53.9 cm³/mol. The van der Waals surface area contributed by atoms with Crippen LogP contribution in [-0.4, -0.2) is 12.6 Å². The topological polar surface area (TPSA) is 26.3 Å². The second-order valence-electron chi connectivity index (χ2n) is 3.87. The van der Waals surface area contributed by atoms with Gasteiger partial charge in [-0.1, -0.05) is 37.3 Å². The maximum Gasteiger partial charge on any atom is 0.308 e. The molecule has 0 bridgehead atoms. The molecule has 0 amide bonds. The van der Waals surface area contributed by atoms with Crippen LogP contribution >= 0.6 is 0 Å². The number of esters is 1. The van der Waals surface area contributed by atoms with Gasteiger partial charge in [0, 0.05) is 5.92 Å². The number of hydrogen-bond donors (Lipinski definition) is 0. The first-order valence-corrected chi connectivity index (χ1v) is 4.99. The van der Waals surface area contributed by atoms with Crippen molar-refractivity contribution in [2.75, 3.05) is 6.61 Å². The van der Waals surface area contributed by atoms with Crippen molar-refractivity contribution in [3.05, 3.63) is 35.9 Å². The molecule has 0 saturated carbocycles. The lowest BCUT2D eigenvalue weighted by atomic mass is 9.88. The van der Waals surface area contributed by atoms with Crippen LogP contribution in [0.2, 0.25) is 0 Å². The molecule has 1 fully saturated rings. The van der Waals surface area contributed by atoms with Gasteiger partial charge in [0.05, 0.1) is 12.5 Å². The highest BCUT2D eigenvalue weighted by Crippen LogP contribution is 2.28. The summed E-state index contributed by atoms with van der Waals surface area (Å²) in [6, 6.07) is 10.2. The smallest absolute Gasteiger partial charge is 0.308 e. The normalized spacial score (nSPS) is 27.1. The summed E-state index contributed by atoms with van der Waals surface area (Å²) in [5.41, 5.74) is 1.27. The van der Waals surface area contributed by atoms with Crippen LogP contribution in [-0.2, 0) is 9.53 Å².